The van der Waals surface area contributed by atoms with Crippen molar-refractivity contribution < 1.29 is 27.1 Å². The predicted octanol–water partition coefficient (Wildman–Crippen LogP) is 5.08. The monoisotopic (exact) mass is 470 g/mol. The molecular weight excluding hydrogens is 436 g/mol. The summed E-state index contributed by atoms with van der Waals surface area (Å²) in [6.45, 7) is 3.85. The lowest BCUT2D eigenvalue weighted by molar-refractivity contribution is -0.137. The fourth-order valence-electron chi connectivity index (χ4n) is 5.87. The van der Waals surface area contributed by atoms with Gasteiger partial charge in [-0.3, -0.25) is 9.69 Å². The Kier molecular flexibility index (Phi) is 7.51. The number of nitrogens with one attached hydrogen (secondary N) is 1. The molecule has 0 radical (unpaired) electrons. The normalized spacial score (nSPS) is 29.6. The van der Waals surface area contributed by atoms with E-state index in [0.29, 0.717) is 30.0 Å². The topological polar surface area (TPSA) is 41.6 Å². The van der Waals surface area contributed by atoms with Crippen LogP contribution in [0.5, 0.6) is 5.75 Å². The maximum Gasteiger partial charge on any atom is 0.416 e. The number of likely N-dealkylation sites (tertiary alicyclic amines) is 1. The van der Waals surface area contributed by atoms with Gasteiger partial charge in [-0.2, -0.15) is 13.2 Å². The van der Waals surface area contributed by atoms with Crippen LogP contribution in [-0.4, -0.2) is 49.3 Å². The van der Waals surface area contributed by atoms with Gasteiger partial charge in [0.1, 0.15) is 18.5 Å². The number of carbonyl (C=O) groups is 1. The molecule has 1 heterocycles. The molecule has 3 fully saturated rings. The summed E-state index contributed by atoms with van der Waals surface area (Å²) < 4.78 is 57.0. The highest BCUT2D eigenvalue weighted by Crippen LogP contribution is 2.44. The molecule has 1 saturated heterocycles. The minimum absolute atomic E-state index is 0.000500. The van der Waals surface area contributed by atoms with Crippen LogP contribution in [0, 0.1) is 23.7 Å². The number of hydrogen-bond acceptors (Lipinski definition) is 3. The quantitative estimate of drug-likeness (QED) is 0.566. The molecule has 1 aliphatic heterocycles. The number of amides is 1. The Bertz CT molecular complexity index is 795. The van der Waals surface area contributed by atoms with Gasteiger partial charge in [0.25, 0.3) is 0 Å². The smallest absolute Gasteiger partial charge is 0.416 e. The maximum atomic E-state index is 12.9. The van der Waals surface area contributed by atoms with Gasteiger partial charge in [-0.25, -0.2) is 4.39 Å². The molecule has 1 amide bonds. The molecule has 0 bridgehead atoms. The molecule has 0 spiro atoms. The van der Waals surface area contributed by atoms with Gasteiger partial charge >= 0.3 is 6.18 Å². The summed E-state index contributed by atoms with van der Waals surface area (Å²) >= 11 is 0. The average Bonchev–Trinajstić information content (AvgIpc) is 2.75. The summed E-state index contributed by atoms with van der Waals surface area (Å²) in [5.74, 6) is 1.72. The molecule has 5 atom stereocenters. The summed E-state index contributed by atoms with van der Waals surface area (Å²) in [6.07, 6.45) is 1.15. The zero-order valence-electron chi connectivity index (χ0n) is 19.1. The fourth-order valence-corrected chi connectivity index (χ4v) is 5.87. The Hall–Kier alpha value is -1.83. The van der Waals surface area contributed by atoms with Gasteiger partial charge in [0.05, 0.1) is 5.56 Å². The molecule has 4 rings (SSSR count). The van der Waals surface area contributed by atoms with Gasteiger partial charge < -0.3 is 10.1 Å². The lowest BCUT2D eigenvalue weighted by atomic mass is 9.66. The number of hydrogen-bond donors (Lipinski definition) is 1. The van der Waals surface area contributed by atoms with Crippen LogP contribution in [0.2, 0.25) is 0 Å². The van der Waals surface area contributed by atoms with E-state index in [1.807, 2.05) is 6.92 Å². The first-order chi connectivity index (χ1) is 15.7. The molecule has 4 nitrogen and oxygen atoms in total. The first kappa shape index (κ1) is 24.3. The van der Waals surface area contributed by atoms with Crippen LogP contribution in [0.4, 0.5) is 17.6 Å². The lowest BCUT2D eigenvalue weighted by Gasteiger charge is -2.44. The van der Waals surface area contributed by atoms with Crippen molar-refractivity contribution >= 4 is 5.91 Å². The van der Waals surface area contributed by atoms with Gasteiger partial charge in [0.15, 0.2) is 0 Å². The van der Waals surface area contributed by atoms with Crippen molar-refractivity contribution in [2.75, 3.05) is 26.3 Å². The van der Waals surface area contributed by atoms with E-state index in [1.165, 1.54) is 12.1 Å². The van der Waals surface area contributed by atoms with Crippen molar-refractivity contribution in [1.29, 1.82) is 0 Å². The molecule has 2 aliphatic carbocycles. The average molecular weight is 471 g/mol. The van der Waals surface area contributed by atoms with Gasteiger partial charge in [0, 0.05) is 37.5 Å². The van der Waals surface area contributed by atoms with Crippen molar-refractivity contribution in [3.8, 4) is 5.75 Å². The number of nitrogens with zero attached hydrogens (tertiary/aromatic N) is 1. The molecule has 184 valence electrons. The molecule has 2 saturated carbocycles. The molecule has 33 heavy (non-hydrogen) atoms. The third-order valence-electron chi connectivity index (χ3n) is 7.89. The minimum Gasteiger partial charge on any atom is -0.490 e. The van der Waals surface area contributed by atoms with Gasteiger partial charge in [0.2, 0.25) is 5.91 Å². The second-order valence-electron chi connectivity index (χ2n) is 10.0. The summed E-state index contributed by atoms with van der Waals surface area (Å²) in [6, 6.07) is 5.03. The van der Waals surface area contributed by atoms with Crippen LogP contribution in [0.25, 0.3) is 0 Å². The second kappa shape index (κ2) is 10.2. The third-order valence-corrected chi connectivity index (χ3v) is 7.89. The van der Waals surface area contributed by atoms with E-state index in [0.717, 1.165) is 63.7 Å². The Labute approximate surface area is 193 Å². The number of alkyl halides is 4. The maximum absolute atomic E-state index is 12.9. The number of carbonyl (C=O) groups excluding carboxylic acids is 1. The van der Waals surface area contributed by atoms with E-state index in [-0.39, 0.29) is 30.6 Å². The molecule has 1 N–H and O–H groups in total. The van der Waals surface area contributed by atoms with Gasteiger partial charge in [-0.15, -0.1) is 0 Å². The highest BCUT2D eigenvalue weighted by molar-refractivity contribution is 5.79. The largest absolute Gasteiger partial charge is 0.490 e. The summed E-state index contributed by atoms with van der Waals surface area (Å²) in [4.78, 5) is 15.0. The first-order valence-corrected chi connectivity index (χ1v) is 12.2. The van der Waals surface area contributed by atoms with E-state index in [9.17, 15) is 22.4 Å². The highest BCUT2D eigenvalue weighted by atomic mass is 19.4. The summed E-state index contributed by atoms with van der Waals surface area (Å²) in [5, 5.41) is 3.20. The molecule has 8 heteroatoms. The van der Waals surface area contributed by atoms with Crippen LogP contribution < -0.4 is 10.1 Å². The van der Waals surface area contributed by atoms with Crippen molar-refractivity contribution in [3.63, 3.8) is 0 Å². The van der Waals surface area contributed by atoms with Crippen LogP contribution >= 0.6 is 0 Å². The van der Waals surface area contributed by atoms with Crippen molar-refractivity contribution in [1.82, 2.24) is 10.2 Å². The first-order valence-electron chi connectivity index (χ1n) is 12.2. The molecule has 5 unspecified atom stereocenters. The Morgan fingerprint density at radius 2 is 1.88 bits per heavy atom. The molecule has 1 aromatic rings. The van der Waals surface area contributed by atoms with Crippen LogP contribution in [-0.2, 0) is 11.0 Å². The van der Waals surface area contributed by atoms with Crippen molar-refractivity contribution in [2.45, 2.75) is 63.8 Å². The molecule has 3 aliphatic rings. The number of fused-ring (bicyclic) bond motifs is 1. The molecular formula is C25H34F4N2O2. The number of rotatable bonds is 7. The molecule has 0 aromatic heterocycles. The third kappa shape index (κ3) is 5.81. The number of ether oxygens (including phenoxy) is 1. The SMILES string of the molecule is CC(NC(=O)C1CCC2C(CCCC2Oc2ccc(C(F)(F)F)cc2)C1)C1CN(CCF)C1. The zero-order valence-corrected chi connectivity index (χ0v) is 19.1. The Morgan fingerprint density at radius 3 is 2.55 bits per heavy atom. The number of halogens is 4. The minimum atomic E-state index is -4.35. The van der Waals surface area contributed by atoms with E-state index in [4.69, 9.17) is 4.74 Å². The number of benzene rings is 1. The fraction of sp³-hybridized carbons (Fsp3) is 0.720. The van der Waals surface area contributed by atoms with E-state index < -0.39 is 11.7 Å². The van der Waals surface area contributed by atoms with Crippen molar-refractivity contribution in [3.05, 3.63) is 29.8 Å². The summed E-state index contributed by atoms with van der Waals surface area (Å²) in [7, 11) is 0. The second-order valence-corrected chi connectivity index (χ2v) is 10.0. The lowest BCUT2D eigenvalue weighted by Crippen LogP contribution is -2.56. The van der Waals surface area contributed by atoms with Gasteiger partial charge in [-0.1, -0.05) is 0 Å². The Balaban J connectivity index is 1.27. The molecule has 1 aromatic carbocycles. The van der Waals surface area contributed by atoms with Crippen LogP contribution in [0.3, 0.4) is 0 Å². The van der Waals surface area contributed by atoms with E-state index in [1.54, 1.807) is 0 Å². The van der Waals surface area contributed by atoms with Crippen LogP contribution in [0.15, 0.2) is 24.3 Å². The van der Waals surface area contributed by atoms with E-state index >= 15 is 0 Å². The standard InChI is InChI=1S/C25H34F4N2O2/c1-16(19-14-31(15-19)12-11-26)30-24(32)18-5-10-22-17(13-18)3-2-4-23(22)33-21-8-6-20(7-9-21)25(27,28)29/h6-9,16-19,22-23H,2-5,10-15H2,1H3,(H,30,32). The summed E-state index contributed by atoms with van der Waals surface area (Å²) in [5.41, 5.74) is -0.672. The van der Waals surface area contributed by atoms with Gasteiger partial charge in [-0.05, 0) is 81.5 Å². The predicted molar refractivity (Wildman–Crippen MR) is 118 cm³/mol. The highest BCUT2D eigenvalue weighted by Gasteiger charge is 2.42. The Morgan fingerprint density at radius 1 is 1.15 bits per heavy atom. The van der Waals surface area contributed by atoms with Crippen LogP contribution in [0.1, 0.15) is 51.0 Å². The van der Waals surface area contributed by atoms with Crippen molar-refractivity contribution in [2.24, 2.45) is 23.7 Å². The van der Waals surface area contributed by atoms with E-state index in [2.05, 4.69) is 10.2 Å². The zero-order chi connectivity index (χ0) is 23.6.